The molecule has 1 saturated heterocycles. The molecule has 0 radical (unpaired) electrons. The van der Waals surface area contributed by atoms with E-state index in [2.05, 4.69) is 39.1 Å². The summed E-state index contributed by atoms with van der Waals surface area (Å²) in [5.74, 6) is 0.876. The highest BCUT2D eigenvalue weighted by molar-refractivity contribution is 5.94. The van der Waals surface area contributed by atoms with E-state index in [9.17, 15) is 9.59 Å². The minimum Gasteiger partial charge on any atom is -0.333 e. The summed E-state index contributed by atoms with van der Waals surface area (Å²) in [4.78, 5) is 42.1. The van der Waals surface area contributed by atoms with Crippen LogP contribution in [-0.4, -0.2) is 56.8 Å². The number of anilines is 1. The summed E-state index contributed by atoms with van der Waals surface area (Å²) in [6.07, 6.45) is 6.28. The maximum atomic E-state index is 13.9. The van der Waals surface area contributed by atoms with E-state index >= 15 is 0 Å². The van der Waals surface area contributed by atoms with Gasteiger partial charge in [-0.3, -0.25) is 14.5 Å². The van der Waals surface area contributed by atoms with Crippen molar-refractivity contribution in [2.24, 2.45) is 0 Å². The third-order valence-corrected chi connectivity index (χ3v) is 7.84. The molecule has 5 rings (SSSR count). The molecule has 7 nitrogen and oxygen atoms in total. The number of rotatable bonds is 4. The van der Waals surface area contributed by atoms with E-state index < -0.39 is 0 Å². The van der Waals surface area contributed by atoms with Crippen molar-refractivity contribution >= 4 is 17.5 Å². The highest BCUT2D eigenvalue weighted by Crippen LogP contribution is 2.33. The van der Waals surface area contributed by atoms with E-state index in [1.807, 2.05) is 54.0 Å². The molecule has 2 aromatic carbocycles. The standard InChI is InChI=1S/C31H37N5O2/c1-22(2)30-32-17-26(18-33-30)31(38)34-20-25-11-7-8-12-29(25)35(23(3)37)16-15-27-13-14-28(21-34)36(27)19-24-9-5-4-6-10-24/h4-12,17-18,22,27-28H,13-16,19-21H2,1-3H3/t27-,28+/m0/s1. The first kappa shape index (κ1) is 26.0. The minimum atomic E-state index is -0.0770. The Morgan fingerprint density at radius 2 is 1.61 bits per heavy atom. The van der Waals surface area contributed by atoms with Gasteiger partial charge in [-0.25, -0.2) is 9.97 Å². The second kappa shape index (κ2) is 11.4. The number of hydrogen-bond donors (Lipinski definition) is 0. The third kappa shape index (κ3) is 5.63. The van der Waals surface area contributed by atoms with E-state index in [-0.39, 0.29) is 23.8 Å². The first-order valence-corrected chi connectivity index (χ1v) is 13.7. The maximum Gasteiger partial charge on any atom is 0.257 e. The van der Waals surface area contributed by atoms with Gasteiger partial charge in [-0.2, -0.15) is 0 Å². The number of benzene rings is 2. The van der Waals surface area contributed by atoms with Gasteiger partial charge in [0.15, 0.2) is 0 Å². The molecule has 1 fully saturated rings. The summed E-state index contributed by atoms with van der Waals surface area (Å²) in [6.45, 7) is 8.24. The second-order valence-corrected chi connectivity index (χ2v) is 10.8. The highest BCUT2D eigenvalue weighted by atomic mass is 16.2. The molecule has 2 aliphatic heterocycles. The van der Waals surface area contributed by atoms with Gasteiger partial charge in [-0.15, -0.1) is 0 Å². The maximum absolute atomic E-state index is 13.9. The number of aromatic nitrogens is 2. The van der Waals surface area contributed by atoms with Crippen LogP contribution in [0.5, 0.6) is 0 Å². The smallest absolute Gasteiger partial charge is 0.257 e. The predicted octanol–water partition coefficient (Wildman–Crippen LogP) is 5.03. The molecule has 0 spiro atoms. The van der Waals surface area contributed by atoms with Gasteiger partial charge in [0.25, 0.3) is 5.91 Å². The van der Waals surface area contributed by atoms with E-state index in [1.165, 1.54) is 5.56 Å². The zero-order valence-electron chi connectivity index (χ0n) is 22.6. The summed E-state index contributed by atoms with van der Waals surface area (Å²) in [6, 6.07) is 19.1. The van der Waals surface area contributed by atoms with Gasteiger partial charge in [0.05, 0.1) is 5.56 Å². The molecule has 0 aliphatic carbocycles. The zero-order valence-corrected chi connectivity index (χ0v) is 22.6. The zero-order chi connectivity index (χ0) is 26.6. The molecule has 3 heterocycles. The van der Waals surface area contributed by atoms with Crippen molar-refractivity contribution in [1.29, 1.82) is 0 Å². The Balaban J connectivity index is 1.52. The van der Waals surface area contributed by atoms with Gasteiger partial charge in [0.1, 0.15) is 5.82 Å². The van der Waals surface area contributed by atoms with Gasteiger partial charge in [-0.1, -0.05) is 62.4 Å². The quantitative estimate of drug-likeness (QED) is 0.491. The molecule has 38 heavy (non-hydrogen) atoms. The van der Waals surface area contributed by atoms with Crippen LogP contribution < -0.4 is 4.90 Å². The summed E-state index contributed by atoms with van der Waals surface area (Å²) >= 11 is 0. The molecule has 0 unspecified atom stereocenters. The first-order chi connectivity index (χ1) is 18.4. The van der Waals surface area contributed by atoms with Crippen molar-refractivity contribution < 1.29 is 9.59 Å². The van der Waals surface area contributed by atoms with Crippen LogP contribution in [0.15, 0.2) is 67.0 Å². The van der Waals surface area contributed by atoms with Crippen LogP contribution >= 0.6 is 0 Å². The molecular weight excluding hydrogens is 474 g/mol. The normalized spacial score (nSPS) is 20.2. The monoisotopic (exact) mass is 511 g/mol. The Morgan fingerprint density at radius 3 is 2.32 bits per heavy atom. The number of nitrogens with zero attached hydrogens (tertiary/aromatic N) is 5. The fraction of sp³-hybridized carbons (Fsp3) is 0.419. The molecule has 2 aliphatic rings. The Bertz CT molecular complexity index is 1260. The lowest BCUT2D eigenvalue weighted by Gasteiger charge is -2.34. The van der Waals surface area contributed by atoms with Crippen molar-refractivity contribution in [3.63, 3.8) is 0 Å². The third-order valence-electron chi connectivity index (χ3n) is 7.84. The summed E-state index contributed by atoms with van der Waals surface area (Å²) < 4.78 is 0. The lowest BCUT2D eigenvalue weighted by atomic mass is 10.1. The van der Waals surface area contributed by atoms with Crippen molar-refractivity contribution in [3.8, 4) is 0 Å². The summed E-state index contributed by atoms with van der Waals surface area (Å²) in [5.41, 5.74) is 3.62. The van der Waals surface area contributed by atoms with Gasteiger partial charge >= 0.3 is 0 Å². The van der Waals surface area contributed by atoms with Crippen molar-refractivity contribution in [2.75, 3.05) is 18.0 Å². The minimum absolute atomic E-state index is 0.0244. The van der Waals surface area contributed by atoms with Gasteiger partial charge in [0, 0.05) is 69.2 Å². The summed E-state index contributed by atoms with van der Waals surface area (Å²) in [7, 11) is 0. The van der Waals surface area contributed by atoms with E-state index in [1.54, 1.807) is 19.3 Å². The molecule has 2 atom stereocenters. The van der Waals surface area contributed by atoms with Crippen LogP contribution in [0.1, 0.15) is 73.3 Å². The average Bonchev–Trinajstić information content (AvgIpc) is 3.28. The molecule has 1 aromatic heterocycles. The van der Waals surface area contributed by atoms with E-state index in [4.69, 9.17) is 0 Å². The van der Waals surface area contributed by atoms with Crippen LogP contribution in [0.25, 0.3) is 0 Å². The SMILES string of the molecule is CC(=O)N1CC[C@@H]2CC[C@H](CN(C(=O)c3cnc(C(C)C)nc3)Cc3ccccc31)N2Cc1ccccc1. The molecule has 198 valence electrons. The number of para-hydroxylation sites is 1. The average molecular weight is 512 g/mol. The first-order valence-electron chi connectivity index (χ1n) is 13.7. The fourth-order valence-electron chi connectivity index (χ4n) is 5.82. The van der Waals surface area contributed by atoms with Gasteiger partial charge < -0.3 is 9.80 Å². The summed E-state index contributed by atoms with van der Waals surface area (Å²) in [5, 5.41) is 0. The Morgan fingerprint density at radius 1 is 0.921 bits per heavy atom. The topological polar surface area (TPSA) is 69.6 Å². The van der Waals surface area contributed by atoms with Gasteiger partial charge in [-0.05, 0) is 36.5 Å². The lowest BCUT2D eigenvalue weighted by Crippen LogP contribution is -2.45. The largest absolute Gasteiger partial charge is 0.333 e. The molecular formula is C31H37N5O2. The van der Waals surface area contributed by atoms with Crippen molar-refractivity contribution in [1.82, 2.24) is 19.8 Å². The number of hydrogen-bond acceptors (Lipinski definition) is 5. The molecule has 0 saturated carbocycles. The van der Waals surface area contributed by atoms with Crippen LogP contribution in [0.3, 0.4) is 0 Å². The van der Waals surface area contributed by atoms with Crippen molar-refractivity contribution in [3.05, 3.63) is 89.5 Å². The Hall–Kier alpha value is -3.58. The van der Waals surface area contributed by atoms with Crippen LogP contribution in [0.4, 0.5) is 5.69 Å². The number of carbonyl (C=O) groups excluding carboxylic acids is 2. The van der Waals surface area contributed by atoms with E-state index in [0.29, 0.717) is 31.2 Å². The number of carbonyl (C=O) groups is 2. The van der Waals surface area contributed by atoms with Crippen LogP contribution in [0, 0.1) is 0 Å². The lowest BCUT2D eigenvalue weighted by molar-refractivity contribution is -0.116. The van der Waals surface area contributed by atoms with Crippen LogP contribution in [-0.2, 0) is 17.9 Å². The van der Waals surface area contributed by atoms with Crippen LogP contribution in [0.2, 0.25) is 0 Å². The highest BCUT2D eigenvalue weighted by Gasteiger charge is 2.37. The van der Waals surface area contributed by atoms with E-state index in [0.717, 1.165) is 42.9 Å². The Labute approximate surface area is 225 Å². The second-order valence-electron chi connectivity index (χ2n) is 10.8. The molecule has 0 N–H and O–H groups in total. The molecule has 7 heteroatoms. The van der Waals surface area contributed by atoms with Crippen molar-refractivity contribution in [2.45, 2.75) is 71.1 Å². The molecule has 3 aromatic rings. The predicted molar refractivity (Wildman–Crippen MR) is 149 cm³/mol. The fourth-order valence-corrected chi connectivity index (χ4v) is 5.82. The Kier molecular flexibility index (Phi) is 7.84. The molecule has 2 bridgehead atoms. The number of fused-ring (bicyclic) bond motifs is 3. The number of amides is 2. The molecule has 2 amide bonds. The van der Waals surface area contributed by atoms with Gasteiger partial charge in [0.2, 0.25) is 5.91 Å².